The number of halogens is 1. The molecule has 26 heavy (non-hydrogen) atoms. The van der Waals surface area contributed by atoms with Gasteiger partial charge in [0.1, 0.15) is 18.5 Å². The third-order valence-corrected chi connectivity index (χ3v) is 4.58. The normalized spacial score (nSPS) is 15.7. The summed E-state index contributed by atoms with van der Waals surface area (Å²) in [4.78, 5) is 20.6. The lowest BCUT2D eigenvalue weighted by atomic mass is 9.79. The van der Waals surface area contributed by atoms with E-state index < -0.39 is 11.6 Å². The van der Waals surface area contributed by atoms with Crippen molar-refractivity contribution >= 4 is 6.09 Å². The van der Waals surface area contributed by atoms with Gasteiger partial charge in [-0.05, 0) is 36.6 Å². The van der Waals surface area contributed by atoms with E-state index in [9.17, 15) is 9.18 Å². The van der Waals surface area contributed by atoms with Crippen molar-refractivity contribution in [3.63, 3.8) is 0 Å². The van der Waals surface area contributed by atoms with E-state index in [1.165, 1.54) is 18.3 Å². The Hall–Kier alpha value is -3.01. The van der Waals surface area contributed by atoms with Gasteiger partial charge in [0, 0.05) is 6.20 Å². The average Bonchev–Trinajstić information content (AvgIpc) is 2.68. The Morgan fingerprint density at radius 1 is 1.23 bits per heavy atom. The van der Waals surface area contributed by atoms with Gasteiger partial charge in [-0.3, -0.25) is 0 Å². The van der Waals surface area contributed by atoms with Gasteiger partial charge in [0.25, 0.3) is 0 Å². The summed E-state index contributed by atoms with van der Waals surface area (Å²) in [7, 11) is 0. The standard InChI is InChI=1S/C19H19FN4O2/c20-15-6-4-14(5-7-15)13-26-18(25)24-19(9-2-1-3-10-19)16-8-11-22-17(12-21)23-16/h4-8,11H,1-3,9-10,13H2,(H,24,25). The highest BCUT2D eigenvalue weighted by Crippen LogP contribution is 2.36. The number of nitrogens with one attached hydrogen (secondary N) is 1. The maximum Gasteiger partial charge on any atom is 0.408 e. The molecule has 1 aromatic heterocycles. The summed E-state index contributed by atoms with van der Waals surface area (Å²) >= 11 is 0. The molecule has 0 aliphatic heterocycles. The van der Waals surface area contributed by atoms with E-state index in [2.05, 4.69) is 15.3 Å². The predicted molar refractivity (Wildman–Crippen MR) is 91.2 cm³/mol. The van der Waals surface area contributed by atoms with Crippen LogP contribution in [0, 0.1) is 17.1 Å². The van der Waals surface area contributed by atoms with Gasteiger partial charge in [-0.25, -0.2) is 19.2 Å². The number of aromatic nitrogens is 2. The van der Waals surface area contributed by atoms with Crippen molar-refractivity contribution in [1.82, 2.24) is 15.3 Å². The number of carbonyl (C=O) groups is 1. The van der Waals surface area contributed by atoms with Gasteiger partial charge in [0.05, 0.1) is 11.2 Å². The lowest BCUT2D eigenvalue weighted by Gasteiger charge is -2.37. The van der Waals surface area contributed by atoms with Crippen LogP contribution in [0.1, 0.15) is 49.2 Å². The molecule has 0 unspecified atom stereocenters. The summed E-state index contributed by atoms with van der Waals surface area (Å²) in [5, 5.41) is 12.0. The highest BCUT2D eigenvalue weighted by atomic mass is 19.1. The van der Waals surface area contributed by atoms with Crippen LogP contribution >= 0.6 is 0 Å². The number of nitriles is 1. The fourth-order valence-corrected chi connectivity index (χ4v) is 3.24. The maximum atomic E-state index is 12.9. The van der Waals surface area contributed by atoms with Crippen LogP contribution < -0.4 is 5.32 Å². The Balaban J connectivity index is 1.72. The van der Waals surface area contributed by atoms with Crippen molar-refractivity contribution in [2.75, 3.05) is 0 Å². The second kappa shape index (κ2) is 7.91. The van der Waals surface area contributed by atoms with Crippen LogP contribution in [0.25, 0.3) is 0 Å². The summed E-state index contributed by atoms with van der Waals surface area (Å²) in [6.45, 7) is 0.0510. The number of hydrogen-bond donors (Lipinski definition) is 1. The van der Waals surface area contributed by atoms with Gasteiger partial charge in [-0.1, -0.05) is 31.4 Å². The van der Waals surface area contributed by atoms with E-state index in [1.807, 2.05) is 6.07 Å². The largest absolute Gasteiger partial charge is 0.445 e. The second-order valence-electron chi connectivity index (χ2n) is 6.35. The summed E-state index contributed by atoms with van der Waals surface area (Å²) in [6, 6.07) is 9.45. The van der Waals surface area contributed by atoms with Crippen LogP contribution in [0.4, 0.5) is 9.18 Å². The minimum Gasteiger partial charge on any atom is -0.445 e. The predicted octanol–water partition coefficient (Wildman–Crippen LogP) is 3.57. The molecule has 1 aliphatic carbocycles. The second-order valence-corrected chi connectivity index (χ2v) is 6.35. The molecule has 1 fully saturated rings. The number of rotatable bonds is 4. The highest BCUT2D eigenvalue weighted by Gasteiger charge is 2.37. The molecular weight excluding hydrogens is 335 g/mol. The Morgan fingerprint density at radius 3 is 2.65 bits per heavy atom. The first-order chi connectivity index (χ1) is 12.6. The molecule has 7 heteroatoms. The van der Waals surface area contributed by atoms with Crippen LogP contribution in [0.5, 0.6) is 0 Å². The Bertz CT molecular complexity index is 811. The zero-order valence-corrected chi connectivity index (χ0v) is 14.2. The minimum absolute atomic E-state index is 0.0510. The average molecular weight is 354 g/mol. The Labute approximate surface area is 151 Å². The lowest BCUT2D eigenvalue weighted by molar-refractivity contribution is 0.116. The minimum atomic E-state index is -0.660. The first kappa shape index (κ1) is 17.8. The van der Waals surface area contributed by atoms with Crippen LogP contribution in [0.2, 0.25) is 0 Å². The molecule has 1 aromatic carbocycles. The molecule has 6 nitrogen and oxygen atoms in total. The molecule has 0 spiro atoms. The lowest BCUT2D eigenvalue weighted by Crippen LogP contribution is -2.48. The van der Waals surface area contributed by atoms with Crippen molar-refractivity contribution in [2.45, 2.75) is 44.2 Å². The monoisotopic (exact) mass is 354 g/mol. The SMILES string of the molecule is N#Cc1nccc(C2(NC(=O)OCc3ccc(F)cc3)CCCCC2)n1. The third-order valence-electron chi connectivity index (χ3n) is 4.58. The number of hydrogen-bond acceptors (Lipinski definition) is 5. The fourth-order valence-electron chi connectivity index (χ4n) is 3.24. The van der Waals surface area contributed by atoms with Crippen LogP contribution in [-0.2, 0) is 16.9 Å². The Kier molecular flexibility index (Phi) is 5.42. The first-order valence-corrected chi connectivity index (χ1v) is 8.54. The molecule has 1 N–H and O–H groups in total. The van der Waals surface area contributed by atoms with Crippen LogP contribution in [0.3, 0.4) is 0 Å². The zero-order chi connectivity index (χ0) is 18.4. The van der Waals surface area contributed by atoms with Crippen molar-refractivity contribution < 1.29 is 13.9 Å². The summed E-state index contributed by atoms with van der Waals surface area (Å²) in [6.07, 6.45) is 5.40. The van der Waals surface area contributed by atoms with Gasteiger partial charge in [-0.2, -0.15) is 5.26 Å². The summed E-state index contributed by atoms with van der Waals surface area (Å²) in [5.74, 6) is -0.259. The van der Waals surface area contributed by atoms with Crippen molar-refractivity contribution in [3.05, 3.63) is 59.4 Å². The van der Waals surface area contributed by atoms with Gasteiger partial charge < -0.3 is 10.1 Å². The van der Waals surface area contributed by atoms with Crippen molar-refractivity contribution in [2.24, 2.45) is 0 Å². The van der Waals surface area contributed by atoms with E-state index in [-0.39, 0.29) is 18.2 Å². The number of alkyl carbamates (subject to hydrolysis) is 1. The molecule has 1 heterocycles. The molecule has 0 saturated heterocycles. The molecule has 2 aromatic rings. The molecule has 1 aliphatic rings. The quantitative estimate of drug-likeness (QED) is 0.907. The van der Waals surface area contributed by atoms with Crippen LogP contribution in [-0.4, -0.2) is 16.1 Å². The number of nitrogens with zero attached hydrogens (tertiary/aromatic N) is 3. The number of carbonyl (C=O) groups excluding carboxylic acids is 1. The number of ether oxygens (including phenoxy) is 1. The van der Waals surface area contributed by atoms with Gasteiger partial charge in [0.15, 0.2) is 0 Å². The topological polar surface area (TPSA) is 87.9 Å². The van der Waals surface area contributed by atoms with Crippen molar-refractivity contribution in [1.29, 1.82) is 5.26 Å². The molecule has 134 valence electrons. The molecule has 3 rings (SSSR count). The molecule has 0 bridgehead atoms. The molecular formula is C19H19FN4O2. The third kappa shape index (κ3) is 4.14. The van der Waals surface area contributed by atoms with Gasteiger partial charge >= 0.3 is 6.09 Å². The van der Waals surface area contributed by atoms with Gasteiger partial charge in [-0.15, -0.1) is 0 Å². The smallest absolute Gasteiger partial charge is 0.408 e. The van der Waals surface area contributed by atoms with Gasteiger partial charge in [0.2, 0.25) is 5.82 Å². The highest BCUT2D eigenvalue weighted by molar-refractivity contribution is 5.68. The van der Waals surface area contributed by atoms with E-state index in [0.717, 1.165) is 32.1 Å². The van der Waals surface area contributed by atoms with E-state index in [0.29, 0.717) is 11.3 Å². The summed E-state index contributed by atoms with van der Waals surface area (Å²) in [5.41, 5.74) is 0.669. The number of amides is 1. The van der Waals surface area contributed by atoms with E-state index >= 15 is 0 Å². The molecule has 0 radical (unpaired) electrons. The van der Waals surface area contributed by atoms with E-state index in [1.54, 1.807) is 18.2 Å². The fraction of sp³-hybridized carbons (Fsp3) is 0.368. The Morgan fingerprint density at radius 2 is 1.96 bits per heavy atom. The number of benzene rings is 1. The molecule has 0 atom stereocenters. The molecule has 1 amide bonds. The maximum absolute atomic E-state index is 12.9. The zero-order valence-electron chi connectivity index (χ0n) is 14.2. The van der Waals surface area contributed by atoms with Crippen molar-refractivity contribution in [3.8, 4) is 6.07 Å². The van der Waals surface area contributed by atoms with Crippen LogP contribution in [0.15, 0.2) is 36.5 Å². The van der Waals surface area contributed by atoms with E-state index in [4.69, 9.17) is 10.00 Å². The molecule has 1 saturated carbocycles. The first-order valence-electron chi connectivity index (χ1n) is 8.54. The summed E-state index contributed by atoms with van der Waals surface area (Å²) < 4.78 is 18.2.